The lowest BCUT2D eigenvalue weighted by atomic mass is 10.2. The second-order valence-electron chi connectivity index (χ2n) is 7.27. The Morgan fingerprint density at radius 3 is 2.50 bits per heavy atom. The smallest absolute Gasteiger partial charge is 0.233 e. The first-order valence-corrected chi connectivity index (χ1v) is 11.0. The van der Waals surface area contributed by atoms with E-state index < -0.39 is 5.25 Å². The first kappa shape index (κ1) is 21.7. The number of thioether (sulfide) groups is 1. The number of halogens is 1. The maximum absolute atomic E-state index is 13.1. The Bertz CT molecular complexity index is 1210. The SMILES string of the molecule is Cc1ccccc1-n1c(SC(C)C(=O)NCc2ccc(F)cc2)nnc1-c1ccncc1. The molecule has 1 N–H and O–H groups in total. The van der Waals surface area contributed by atoms with Gasteiger partial charge >= 0.3 is 0 Å². The van der Waals surface area contributed by atoms with Gasteiger partial charge in [0, 0.05) is 24.5 Å². The molecular formula is C24H22FN5OS. The van der Waals surface area contributed by atoms with Crippen molar-refractivity contribution < 1.29 is 9.18 Å². The summed E-state index contributed by atoms with van der Waals surface area (Å²) in [6.07, 6.45) is 3.43. The molecule has 0 radical (unpaired) electrons. The van der Waals surface area contributed by atoms with E-state index >= 15 is 0 Å². The normalized spacial score (nSPS) is 11.8. The Labute approximate surface area is 189 Å². The predicted molar refractivity (Wildman–Crippen MR) is 123 cm³/mol. The number of hydrogen-bond donors (Lipinski definition) is 1. The molecule has 0 fully saturated rings. The average Bonchev–Trinajstić information content (AvgIpc) is 3.22. The summed E-state index contributed by atoms with van der Waals surface area (Å²) < 4.78 is 15.0. The predicted octanol–water partition coefficient (Wildman–Crippen LogP) is 4.57. The molecule has 162 valence electrons. The number of aryl methyl sites for hydroxylation is 1. The number of nitrogens with one attached hydrogen (secondary N) is 1. The minimum atomic E-state index is -0.410. The van der Waals surface area contributed by atoms with Crippen molar-refractivity contribution in [1.29, 1.82) is 0 Å². The molecule has 1 amide bonds. The third-order valence-electron chi connectivity index (χ3n) is 4.96. The number of aromatic nitrogens is 4. The van der Waals surface area contributed by atoms with Crippen LogP contribution in [0.2, 0.25) is 0 Å². The number of para-hydroxylation sites is 1. The quantitative estimate of drug-likeness (QED) is 0.420. The average molecular weight is 448 g/mol. The first-order chi connectivity index (χ1) is 15.5. The van der Waals surface area contributed by atoms with Gasteiger partial charge in [-0.25, -0.2) is 4.39 Å². The van der Waals surface area contributed by atoms with Gasteiger partial charge in [0.2, 0.25) is 5.91 Å². The van der Waals surface area contributed by atoms with Gasteiger partial charge in [-0.1, -0.05) is 42.1 Å². The highest BCUT2D eigenvalue weighted by molar-refractivity contribution is 8.00. The van der Waals surface area contributed by atoms with Crippen molar-refractivity contribution in [3.05, 3.63) is 90.0 Å². The molecule has 0 aliphatic rings. The van der Waals surface area contributed by atoms with Gasteiger partial charge in [-0.2, -0.15) is 0 Å². The third kappa shape index (κ3) is 4.86. The van der Waals surface area contributed by atoms with Crippen molar-refractivity contribution in [3.63, 3.8) is 0 Å². The molecule has 8 heteroatoms. The zero-order valence-electron chi connectivity index (χ0n) is 17.7. The van der Waals surface area contributed by atoms with Gasteiger partial charge in [0.25, 0.3) is 0 Å². The fraction of sp³-hybridized carbons (Fsp3) is 0.167. The van der Waals surface area contributed by atoms with Gasteiger partial charge in [0.05, 0.1) is 10.9 Å². The molecule has 0 spiro atoms. The molecule has 0 aliphatic heterocycles. The van der Waals surface area contributed by atoms with Crippen LogP contribution in [-0.2, 0) is 11.3 Å². The Morgan fingerprint density at radius 1 is 1.06 bits per heavy atom. The number of rotatable bonds is 7. The molecule has 1 unspecified atom stereocenters. The highest BCUT2D eigenvalue weighted by Crippen LogP contribution is 2.31. The number of carbonyl (C=O) groups is 1. The Kier molecular flexibility index (Phi) is 6.61. The zero-order valence-corrected chi connectivity index (χ0v) is 18.5. The lowest BCUT2D eigenvalue weighted by molar-refractivity contribution is -0.120. The fourth-order valence-electron chi connectivity index (χ4n) is 3.21. The summed E-state index contributed by atoms with van der Waals surface area (Å²) in [5, 5.41) is 11.9. The first-order valence-electron chi connectivity index (χ1n) is 10.1. The van der Waals surface area contributed by atoms with Crippen LogP contribution in [0.15, 0.2) is 78.2 Å². The molecule has 4 aromatic rings. The van der Waals surface area contributed by atoms with Gasteiger partial charge in [0.15, 0.2) is 11.0 Å². The van der Waals surface area contributed by atoms with Crippen LogP contribution >= 0.6 is 11.8 Å². The number of pyridine rings is 1. The van der Waals surface area contributed by atoms with Crippen LogP contribution < -0.4 is 5.32 Å². The standard InChI is InChI=1S/C24H22FN5OS/c1-16-5-3-4-6-21(16)30-22(19-11-13-26-14-12-19)28-29-24(30)32-17(2)23(31)27-15-18-7-9-20(25)10-8-18/h3-14,17H,15H2,1-2H3,(H,27,31). The Balaban J connectivity index is 1.58. The maximum Gasteiger partial charge on any atom is 0.233 e. The Hall–Kier alpha value is -3.52. The van der Waals surface area contributed by atoms with Crippen molar-refractivity contribution in [3.8, 4) is 17.1 Å². The van der Waals surface area contributed by atoms with E-state index in [0.717, 1.165) is 22.4 Å². The summed E-state index contributed by atoms with van der Waals surface area (Å²) in [5.41, 5.74) is 3.74. The Morgan fingerprint density at radius 2 is 1.78 bits per heavy atom. The molecule has 0 saturated heterocycles. The molecule has 2 heterocycles. The van der Waals surface area contributed by atoms with Crippen molar-refractivity contribution >= 4 is 17.7 Å². The summed E-state index contributed by atoms with van der Waals surface area (Å²) in [6, 6.07) is 17.8. The van der Waals surface area contributed by atoms with Gasteiger partial charge in [0.1, 0.15) is 5.82 Å². The maximum atomic E-state index is 13.1. The van der Waals surface area contributed by atoms with E-state index in [4.69, 9.17) is 0 Å². The van der Waals surface area contributed by atoms with Crippen molar-refractivity contribution in [2.24, 2.45) is 0 Å². The third-order valence-corrected chi connectivity index (χ3v) is 6.00. The lowest BCUT2D eigenvalue weighted by Gasteiger charge is -2.15. The zero-order chi connectivity index (χ0) is 22.5. The molecule has 32 heavy (non-hydrogen) atoms. The van der Waals surface area contributed by atoms with Crippen molar-refractivity contribution in [2.45, 2.75) is 30.8 Å². The van der Waals surface area contributed by atoms with Gasteiger partial charge in [-0.3, -0.25) is 14.3 Å². The number of carbonyl (C=O) groups excluding carboxylic acids is 1. The number of nitrogens with zero attached hydrogens (tertiary/aromatic N) is 4. The summed E-state index contributed by atoms with van der Waals surface area (Å²) in [5.74, 6) is 0.247. The van der Waals surface area contributed by atoms with Crippen LogP contribution in [0.5, 0.6) is 0 Å². The summed E-state index contributed by atoms with van der Waals surface area (Å²) >= 11 is 1.34. The summed E-state index contributed by atoms with van der Waals surface area (Å²) in [6.45, 7) is 4.18. The molecule has 6 nitrogen and oxygen atoms in total. The molecule has 4 rings (SSSR count). The molecular weight excluding hydrogens is 425 g/mol. The molecule has 0 saturated carbocycles. The monoisotopic (exact) mass is 447 g/mol. The van der Waals surface area contributed by atoms with Crippen LogP contribution in [-0.4, -0.2) is 30.9 Å². The van der Waals surface area contributed by atoms with Gasteiger partial charge < -0.3 is 5.32 Å². The molecule has 2 aromatic carbocycles. The molecule has 2 aromatic heterocycles. The highest BCUT2D eigenvalue weighted by Gasteiger charge is 2.22. The van der Waals surface area contributed by atoms with E-state index in [0.29, 0.717) is 17.5 Å². The van der Waals surface area contributed by atoms with Crippen LogP contribution in [0.4, 0.5) is 4.39 Å². The summed E-state index contributed by atoms with van der Waals surface area (Å²) in [7, 11) is 0. The fourth-order valence-corrected chi connectivity index (χ4v) is 4.10. The number of amides is 1. The van der Waals surface area contributed by atoms with Crippen LogP contribution in [0, 0.1) is 12.7 Å². The van der Waals surface area contributed by atoms with E-state index in [9.17, 15) is 9.18 Å². The second-order valence-corrected chi connectivity index (χ2v) is 8.58. The molecule has 0 bridgehead atoms. The van der Waals surface area contributed by atoms with E-state index in [2.05, 4.69) is 20.5 Å². The molecule has 0 aliphatic carbocycles. The van der Waals surface area contributed by atoms with E-state index in [1.54, 1.807) is 24.5 Å². The lowest BCUT2D eigenvalue weighted by Crippen LogP contribution is -2.30. The second kappa shape index (κ2) is 9.74. The highest BCUT2D eigenvalue weighted by atomic mass is 32.2. The largest absolute Gasteiger partial charge is 0.351 e. The van der Waals surface area contributed by atoms with Crippen molar-refractivity contribution in [1.82, 2.24) is 25.1 Å². The van der Waals surface area contributed by atoms with Crippen LogP contribution in [0.3, 0.4) is 0 Å². The number of hydrogen-bond acceptors (Lipinski definition) is 5. The van der Waals surface area contributed by atoms with E-state index in [-0.39, 0.29) is 11.7 Å². The summed E-state index contributed by atoms with van der Waals surface area (Å²) in [4.78, 5) is 16.8. The molecule has 1 atom stereocenters. The number of benzene rings is 2. The van der Waals surface area contributed by atoms with Gasteiger partial charge in [-0.15, -0.1) is 10.2 Å². The minimum Gasteiger partial charge on any atom is -0.351 e. The minimum absolute atomic E-state index is 0.135. The van der Waals surface area contributed by atoms with Gasteiger partial charge in [-0.05, 0) is 55.3 Å². The van der Waals surface area contributed by atoms with E-state index in [1.165, 1.54) is 23.9 Å². The van der Waals surface area contributed by atoms with Crippen LogP contribution in [0.1, 0.15) is 18.1 Å². The van der Waals surface area contributed by atoms with E-state index in [1.807, 2.05) is 54.8 Å². The van der Waals surface area contributed by atoms with Crippen LogP contribution in [0.25, 0.3) is 17.1 Å². The topological polar surface area (TPSA) is 72.7 Å². The van der Waals surface area contributed by atoms with Crippen molar-refractivity contribution in [2.75, 3.05) is 0 Å².